The Kier molecular flexibility index (Phi) is 4.14. The van der Waals surface area contributed by atoms with Gasteiger partial charge in [-0.3, -0.25) is 4.79 Å². The third kappa shape index (κ3) is 2.58. The molecule has 0 radical (unpaired) electrons. The number of rotatable bonds is 4. The summed E-state index contributed by atoms with van der Waals surface area (Å²) >= 11 is 1.59. The predicted octanol–water partition coefficient (Wildman–Crippen LogP) is 2.76. The fourth-order valence-corrected chi connectivity index (χ4v) is 2.38. The molecule has 3 heteroatoms. The van der Waals surface area contributed by atoms with Crippen molar-refractivity contribution in [3.8, 4) is 0 Å². The molecule has 0 fully saturated rings. The first-order valence-corrected chi connectivity index (χ1v) is 5.88. The van der Waals surface area contributed by atoms with Crippen LogP contribution in [-0.4, -0.2) is 12.5 Å². The second-order valence-electron chi connectivity index (χ2n) is 3.30. The number of hydrogen-bond donors (Lipinski definition) is 1. The Labute approximate surface area is 89.3 Å². The molecule has 1 rings (SSSR count). The van der Waals surface area contributed by atoms with Gasteiger partial charge < -0.3 is 5.32 Å². The topological polar surface area (TPSA) is 29.1 Å². The molecule has 0 aliphatic carbocycles. The van der Waals surface area contributed by atoms with Gasteiger partial charge in [-0.05, 0) is 31.9 Å². The summed E-state index contributed by atoms with van der Waals surface area (Å²) in [5.41, 5.74) is 1.32. The molecule has 0 saturated heterocycles. The van der Waals surface area contributed by atoms with E-state index in [9.17, 15) is 4.79 Å². The summed E-state index contributed by atoms with van der Waals surface area (Å²) in [5, 5.41) is 2.82. The summed E-state index contributed by atoms with van der Waals surface area (Å²) in [6, 6.07) is 2.02. The van der Waals surface area contributed by atoms with E-state index in [1.807, 2.05) is 13.0 Å². The summed E-state index contributed by atoms with van der Waals surface area (Å²) in [4.78, 5) is 13.6. The highest BCUT2D eigenvalue weighted by molar-refractivity contribution is 7.14. The molecule has 0 atom stereocenters. The Morgan fingerprint density at radius 2 is 2.21 bits per heavy atom. The van der Waals surface area contributed by atoms with Gasteiger partial charge in [0.25, 0.3) is 5.91 Å². The molecule has 1 N–H and O–H groups in total. The van der Waals surface area contributed by atoms with E-state index in [2.05, 4.69) is 19.2 Å². The van der Waals surface area contributed by atoms with Gasteiger partial charge in [-0.1, -0.05) is 13.3 Å². The zero-order valence-electron chi connectivity index (χ0n) is 9.02. The van der Waals surface area contributed by atoms with Crippen molar-refractivity contribution in [3.05, 3.63) is 21.4 Å². The minimum absolute atomic E-state index is 0.0583. The number of hydrogen-bond acceptors (Lipinski definition) is 2. The minimum Gasteiger partial charge on any atom is -0.352 e. The number of carbonyl (C=O) groups is 1. The Morgan fingerprint density at radius 3 is 2.79 bits per heavy atom. The van der Waals surface area contributed by atoms with Crippen LogP contribution >= 0.6 is 11.3 Å². The molecule has 0 bridgehead atoms. The lowest BCUT2D eigenvalue weighted by Gasteiger charge is -1.96. The second-order valence-corrected chi connectivity index (χ2v) is 4.56. The Hall–Kier alpha value is -0.830. The Morgan fingerprint density at radius 1 is 1.50 bits per heavy atom. The van der Waals surface area contributed by atoms with Crippen molar-refractivity contribution in [2.24, 2.45) is 0 Å². The highest BCUT2D eigenvalue weighted by Gasteiger charge is 2.10. The van der Waals surface area contributed by atoms with Crippen molar-refractivity contribution >= 4 is 17.2 Å². The second kappa shape index (κ2) is 5.15. The minimum atomic E-state index is 0.0583. The molecule has 0 aliphatic rings. The van der Waals surface area contributed by atoms with Gasteiger partial charge in [-0.15, -0.1) is 11.3 Å². The first kappa shape index (κ1) is 11.2. The molecule has 1 amide bonds. The van der Waals surface area contributed by atoms with Gasteiger partial charge in [-0.25, -0.2) is 0 Å². The molecule has 0 saturated carbocycles. The van der Waals surface area contributed by atoms with Crippen LogP contribution in [-0.2, 0) is 6.42 Å². The molecule has 1 aromatic rings. The lowest BCUT2D eigenvalue weighted by molar-refractivity contribution is 0.0960. The SMILES string of the molecule is CCCc1cc(C(=O)NCC)sc1C. The van der Waals surface area contributed by atoms with Crippen molar-refractivity contribution in [1.29, 1.82) is 0 Å². The van der Waals surface area contributed by atoms with Crippen molar-refractivity contribution in [1.82, 2.24) is 5.32 Å². The maximum Gasteiger partial charge on any atom is 0.261 e. The van der Waals surface area contributed by atoms with Crippen molar-refractivity contribution in [3.63, 3.8) is 0 Å². The van der Waals surface area contributed by atoms with Crippen LogP contribution in [0, 0.1) is 6.92 Å². The number of amides is 1. The van der Waals surface area contributed by atoms with Crippen LogP contribution in [0.5, 0.6) is 0 Å². The van der Waals surface area contributed by atoms with Gasteiger partial charge >= 0.3 is 0 Å². The third-order valence-electron chi connectivity index (χ3n) is 2.10. The van der Waals surface area contributed by atoms with Crippen LogP contribution in [0.15, 0.2) is 6.07 Å². The van der Waals surface area contributed by atoms with Gasteiger partial charge in [-0.2, -0.15) is 0 Å². The normalized spacial score (nSPS) is 10.2. The molecule has 1 aromatic heterocycles. The molecule has 0 aromatic carbocycles. The zero-order chi connectivity index (χ0) is 10.6. The highest BCUT2D eigenvalue weighted by atomic mass is 32.1. The van der Waals surface area contributed by atoms with E-state index in [1.165, 1.54) is 10.4 Å². The molecular formula is C11H17NOS. The van der Waals surface area contributed by atoms with E-state index in [1.54, 1.807) is 11.3 Å². The van der Waals surface area contributed by atoms with Crippen molar-refractivity contribution in [2.75, 3.05) is 6.54 Å². The number of aryl methyl sites for hydroxylation is 2. The summed E-state index contributed by atoms with van der Waals surface area (Å²) in [6.07, 6.45) is 2.20. The molecule has 0 spiro atoms. The molecule has 78 valence electrons. The van der Waals surface area contributed by atoms with Gasteiger partial charge in [0.15, 0.2) is 0 Å². The van der Waals surface area contributed by atoms with Gasteiger partial charge in [0.2, 0.25) is 0 Å². The number of thiophene rings is 1. The van der Waals surface area contributed by atoms with Gasteiger partial charge in [0.05, 0.1) is 4.88 Å². The maximum atomic E-state index is 11.5. The Bertz CT molecular complexity index is 317. The first-order chi connectivity index (χ1) is 6.69. The van der Waals surface area contributed by atoms with Crippen LogP contribution in [0.1, 0.15) is 40.4 Å². The Balaban J connectivity index is 2.79. The van der Waals surface area contributed by atoms with E-state index >= 15 is 0 Å². The average molecular weight is 211 g/mol. The predicted molar refractivity (Wildman–Crippen MR) is 61.1 cm³/mol. The lowest BCUT2D eigenvalue weighted by atomic mass is 10.1. The average Bonchev–Trinajstić information content (AvgIpc) is 2.49. The molecule has 2 nitrogen and oxygen atoms in total. The fraction of sp³-hybridized carbons (Fsp3) is 0.545. The monoisotopic (exact) mass is 211 g/mol. The van der Waals surface area contributed by atoms with Crippen LogP contribution in [0.4, 0.5) is 0 Å². The van der Waals surface area contributed by atoms with Crippen LogP contribution in [0.2, 0.25) is 0 Å². The van der Waals surface area contributed by atoms with E-state index in [-0.39, 0.29) is 5.91 Å². The largest absolute Gasteiger partial charge is 0.352 e. The number of nitrogens with one attached hydrogen (secondary N) is 1. The van der Waals surface area contributed by atoms with E-state index in [0.29, 0.717) is 6.54 Å². The van der Waals surface area contributed by atoms with Gasteiger partial charge in [0.1, 0.15) is 0 Å². The quantitative estimate of drug-likeness (QED) is 0.815. The lowest BCUT2D eigenvalue weighted by Crippen LogP contribution is -2.21. The zero-order valence-corrected chi connectivity index (χ0v) is 9.83. The van der Waals surface area contributed by atoms with Crippen LogP contribution in [0.25, 0.3) is 0 Å². The summed E-state index contributed by atoms with van der Waals surface area (Å²) in [6.45, 7) is 6.87. The van der Waals surface area contributed by atoms with E-state index in [4.69, 9.17) is 0 Å². The van der Waals surface area contributed by atoms with Gasteiger partial charge in [0, 0.05) is 11.4 Å². The smallest absolute Gasteiger partial charge is 0.261 e. The summed E-state index contributed by atoms with van der Waals surface area (Å²) in [5.74, 6) is 0.0583. The standard InChI is InChI=1S/C11H17NOS/c1-4-6-9-7-10(14-8(9)3)11(13)12-5-2/h7H,4-6H2,1-3H3,(H,12,13). The van der Waals surface area contributed by atoms with Crippen molar-refractivity contribution < 1.29 is 4.79 Å². The maximum absolute atomic E-state index is 11.5. The highest BCUT2D eigenvalue weighted by Crippen LogP contribution is 2.22. The summed E-state index contributed by atoms with van der Waals surface area (Å²) < 4.78 is 0. The summed E-state index contributed by atoms with van der Waals surface area (Å²) in [7, 11) is 0. The molecule has 14 heavy (non-hydrogen) atoms. The third-order valence-corrected chi connectivity index (χ3v) is 3.19. The first-order valence-electron chi connectivity index (χ1n) is 5.06. The van der Waals surface area contributed by atoms with E-state index in [0.717, 1.165) is 17.7 Å². The molecular weight excluding hydrogens is 194 g/mol. The fourth-order valence-electron chi connectivity index (χ4n) is 1.40. The van der Waals surface area contributed by atoms with Crippen molar-refractivity contribution in [2.45, 2.75) is 33.6 Å². The number of carbonyl (C=O) groups excluding carboxylic acids is 1. The van der Waals surface area contributed by atoms with E-state index < -0.39 is 0 Å². The molecule has 0 unspecified atom stereocenters. The van der Waals surface area contributed by atoms with Crippen LogP contribution in [0.3, 0.4) is 0 Å². The van der Waals surface area contributed by atoms with Crippen LogP contribution < -0.4 is 5.32 Å². The molecule has 0 aliphatic heterocycles. The molecule has 1 heterocycles.